The second-order valence-corrected chi connectivity index (χ2v) is 9.21. The maximum atomic E-state index is 14.9. The van der Waals surface area contributed by atoms with Crippen LogP contribution in [0.4, 0.5) is 14.6 Å². The van der Waals surface area contributed by atoms with Crippen molar-refractivity contribution >= 4 is 22.6 Å². The van der Waals surface area contributed by atoms with Gasteiger partial charge in [-0.15, -0.1) is 0 Å². The third-order valence-electron chi connectivity index (χ3n) is 6.83. The number of nitrogens with zero attached hydrogens (tertiary/aromatic N) is 3. The third-order valence-corrected chi connectivity index (χ3v) is 6.83. The van der Waals surface area contributed by atoms with Crippen LogP contribution in [0.15, 0.2) is 24.7 Å². The number of nitrogens with one attached hydrogen (secondary N) is 2. The number of rotatable bonds is 7. The van der Waals surface area contributed by atoms with Crippen LogP contribution in [-0.2, 0) is 6.42 Å². The molecule has 0 unspecified atom stereocenters. The molecule has 0 radical (unpaired) electrons. The molecule has 168 valence electrons. The van der Waals surface area contributed by atoms with Gasteiger partial charge in [0.05, 0.1) is 16.5 Å². The van der Waals surface area contributed by atoms with Crippen LogP contribution in [0.25, 0.3) is 11.0 Å². The predicted octanol–water partition coefficient (Wildman–Crippen LogP) is 5.00. The zero-order chi connectivity index (χ0) is 22.2. The molecule has 2 aliphatic carbocycles. The van der Waals surface area contributed by atoms with E-state index in [2.05, 4.69) is 32.2 Å². The van der Waals surface area contributed by atoms with E-state index in [4.69, 9.17) is 0 Å². The molecule has 2 fully saturated rings. The van der Waals surface area contributed by atoms with Crippen molar-refractivity contribution in [3.05, 3.63) is 47.4 Å². The van der Waals surface area contributed by atoms with E-state index in [-0.39, 0.29) is 11.6 Å². The number of aromatic amines is 1. The molecule has 0 bridgehead atoms. The van der Waals surface area contributed by atoms with Crippen LogP contribution >= 0.6 is 0 Å². The van der Waals surface area contributed by atoms with E-state index in [0.717, 1.165) is 12.8 Å². The molecule has 32 heavy (non-hydrogen) atoms. The molecular weight excluding hydrogens is 412 g/mol. The third kappa shape index (κ3) is 4.23. The fourth-order valence-electron chi connectivity index (χ4n) is 4.70. The average molecular weight is 440 g/mol. The molecule has 2 aliphatic rings. The lowest BCUT2D eigenvalue weighted by Crippen LogP contribution is -2.19. The summed E-state index contributed by atoms with van der Waals surface area (Å²) < 4.78 is 28.2. The summed E-state index contributed by atoms with van der Waals surface area (Å²) in [5.74, 6) is 0.254. The predicted molar refractivity (Wildman–Crippen MR) is 118 cm³/mol. The lowest BCUT2D eigenvalue weighted by Gasteiger charge is -2.23. The number of anilines is 1. The molecule has 2 saturated carbocycles. The zero-order valence-electron chi connectivity index (χ0n) is 18.1. The Hall–Kier alpha value is -2.90. The first-order chi connectivity index (χ1) is 15.5. The second-order valence-electron chi connectivity index (χ2n) is 9.21. The van der Waals surface area contributed by atoms with Gasteiger partial charge in [-0.05, 0) is 75.8 Å². The number of alkyl halides is 1. The van der Waals surface area contributed by atoms with Crippen molar-refractivity contribution in [2.24, 2.45) is 11.8 Å². The Labute approximate surface area is 185 Å². The van der Waals surface area contributed by atoms with Crippen LogP contribution < -0.4 is 5.32 Å². The smallest absolute Gasteiger partial charge is 0.224 e. The van der Waals surface area contributed by atoms with Crippen molar-refractivity contribution in [3.63, 3.8) is 0 Å². The quantitative estimate of drug-likeness (QED) is 0.400. The van der Waals surface area contributed by atoms with Crippen molar-refractivity contribution in [2.45, 2.75) is 64.1 Å². The molecule has 5 rings (SSSR count). The Balaban J connectivity index is 1.39. The van der Waals surface area contributed by atoms with Crippen LogP contribution in [0.1, 0.15) is 67.1 Å². The van der Waals surface area contributed by atoms with Gasteiger partial charge in [-0.3, -0.25) is 4.79 Å². The maximum Gasteiger partial charge on any atom is 0.224 e. The molecule has 2 N–H and O–H groups in total. The Bertz CT molecular complexity index is 1130. The summed E-state index contributed by atoms with van der Waals surface area (Å²) in [5, 5.41) is 3.96. The van der Waals surface area contributed by atoms with E-state index in [1.807, 2.05) is 0 Å². The van der Waals surface area contributed by atoms with Crippen molar-refractivity contribution < 1.29 is 13.6 Å². The van der Waals surface area contributed by atoms with Crippen molar-refractivity contribution in [1.82, 2.24) is 19.9 Å². The van der Waals surface area contributed by atoms with Gasteiger partial charge in [0.25, 0.3) is 0 Å². The van der Waals surface area contributed by atoms with Crippen molar-refractivity contribution in [1.29, 1.82) is 0 Å². The SMILES string of the molecule is C[C@H](Nc1ncnc2[nH]cc(C(=O)c3ccc(CC4CCC(F)CC4)nc3F)c12)C1CC1. The first kappa shape index (κ1) is 21.0. The molecule has 3 aromatic rings. The summed E-state index contributed by atoms with van der Waals surface area (Å²) in [4.78, 5) is 28.9. The molecular formula is C24H27F2N5O. The minimum absolute atomic E-state index is 0.0767. The van der Waals surface area contributed by atoms with Crippen LogP contribution in [0.3, 0.4) is 0 Å². The lowest BCUT2D eigenvalue weighted by molar-refractivity contribution is 0.103. The van der Waals surface area contributed by atoms with E-state index >= 15 is 0 Å². The van der Waals surface area contributed by atoms with E-state index in [9.17, 15) is 13.6 Å². The van der Waals surface area contributed by atoms with E-state index in [1.165, 1.54) is 25.2 Å². The topological polar surface area (TPSA) is 83.6 Å². The Morgan fingerprint density at radius 1 is 1.16 bits per heavy atom. The first-order valence-electron chi connectivity index (χ1n) is 11.4. The van der Waals surface area contributed by atoms with E-state index in [1.54, 1.807) is 12.3 Å². The van der Waals surface area contributed by atoms with E-state index in [0.29, 0.717) is 59.2 Å². The van der Waals surface area contributed by atoms with Crippen molar-refractivity contribution in [3.8, 4) is 0 Å². The number of fused-ring (bicyclic) bond motifs is 1. The molecule has 0 aromatic carbocycles. The van der Waals surface area contributed by atoms with Gasteiger partial charge in [-0.2, -0.15) is 4.39 Å². The summed E-state index contributed by atoms with van der Waals surface area (Å²) in [6.45, 7) is 2.10. The number of ketones is 1. The fourth-order valence-corrected chi connectivity index (χ4v) is 4.70. The maximum absolute atomic E-state index is 14.9. The normalized spacial score (nSPS) is 22.1. The first-order valence-corrected chi connectivity index (χ1v) is 11.4. The Morgan fingerprint density at radius 2 is 1.94 bits per heavy atom. The Kier molecular flexibility index (Phi) is 5.61. The highest BCUT2D eigenvalue weighted by Gasteiger charge is 2.29. The Morgan fingerprint density at radius 3 is 2.66 bits per heavy atom. The van der Waals surface area contributed by atoms with Crippen LogP contribution in [0.2, 0.25) is 0 Å². The highest BCUT2D eigenvalue weighted by Crippen LogP contribution is 2.35. The van der Waals surface area contributed by atoms with Gasteiger partial charge in [-0.25, -0.2) is 19.3 Å². The minimum Gasteiger partial charge on any atom is -0.367 e. The molecule has 6 nitrogen and oxygen atoms in total. The standard InChI is InChI=1S/C24H27F2N5O/c1-13(15-4-5-15)30-24-20-19(11-27-23(20)28-12-29-24)21(32)18-9-8-17(31-22(18)26)10-14-2-6-16(25)7-3-14/h8-9,11-16H,2-7,10H2,1H3,(H2,27,28,29,30)/t13-,14?,16?/m0/s1. The number of hydrogen-bond donors (Lipinski definition) is 2. The van der Waals surface area contributed by atoms with Crippen LogP contribution in [-0.4, -0.2) is 37.9 Å². The van der Waals surface area contributed by atoms with E-state index < -0.39 is 17.9 Å². The molecule has 0 amide bonds. The number of aromatic nitrogens is 4. The summed E-state index contributed by atoms with van der Waals surface area (Å²) >= 11 is 0. The summed E-state index contributed by atoms with van der Waals surface area (Å²) in [7, 11) is 0. The van der Waals surface area contributed by atoms with Gasteiger partial charge < -0.3 is 10.3 Å². The van der Waals surface area contributed by atoms with Gasteiger partial charge in [0.1, 0.15) is 24.0 Å². The fraction of sp³-hybridized carbons (Fsp3) is 0.500. The van der Waals surface area contributed by atoms with Gasteiger partial charge in [-0.1, -0.05) is 0 Å². The number of carbonyl (C=O) groups excluding carboxylic acids is 1. The number of carbonyl (C=O) groups is 1. The number of H-pyrrole nitrogens is 1. The van der Waals surface area contributed by atoms with Gasteiger partial charge >= 0.3 is 0 Å². The van der Waals surface area contributed by atoms with Gasteiger partial charge in [0.2, 0.25) is 5.95 Å². The molecule has 3 heterocycles. The highest BCUT2D eigenvalue weighted by molar-refractivity contribution is 6.18. The van der Waals surface area contributed by atoms with Crippen molar-refractivity contribution in [2.75, 3.05) is 5.32 Å². The second kappa shape index (κ2) is 8.56. The molecule has 0 saturated heterocycles. The molecule has 0 aliphatic heterocycles. The number of halogens is 2. The van der Waals surface area contributed by atoms with Crippen LogP contribution in [0.5, 0.6) is 0 Å². The number of hydrogen-bond acceptors (Lipinski definition) is 5. The van der Waals surface area contributed by atoms with Gasteiger partial charge in [0.15, 0.2) is 5.78 Å². The highest BCUT2D eigenvalue weighted by atomic mass is 19.1. The lowest BCUT2D eigenvalue weighted by atomic mass is 9.85. The molecule has 1 atom stereocenters. The average Bonchev–Trinajstić information content (AvgIpc) is 3.54. The largest absolute Gasteiger partial charge is 0.367 e. The molecule has 0 spiro atoms. The molecule has 8 heteroatoms. The summed E-state index contributed by atoms with van der Waals surface area (Å²) in [6, 6.07) is 3.44. The minimum atomic E-state index is -0.779. The number of pyridine rings is 1. The van der Waals surface area contributed by atoms with Gasteiger partial charge in [0, 0.05) is 17.9 Å². The molecule has 3 aromatic heterocycles. The zero-order valence-corrected chi connectivity index (χ0v) is 18.1. The summed E-state index contributed by atoms with van der Waals surface area (Å²) in [6.07, 6.45) is 7.93. The summed E-state index contributed by atoms with van der Waals surface area (Å²) in [5.41, 5.74) is 1.37. The van der Waals surface area contributed by atoms with Crippen LogP contribution in [0, 0.1) is 17.8 Å². The monoisotopic (exact) mass is 439 g/mol.